The van der Waals surface area contributed by atoms with Gasteiger partial charge in [-0.2, -0.15) is 0 Å². The molecule has 2 amide bonds. The van der Waals surface area contributed by atoms with Gasteiger partial charge in [-0.3, -0.25) is 9.59 Å². The monoisotopic (exact) mass is 364 g/mol. The Kier molecular flexibility index (Phi) is 5.66. The van der Waals surface area contributed by atoms with Crippen molar-refractivity contribution in [1.29, 1.82) is 0 Å². The second-order valence-electron chi connectivity index (χ2n) is 4.54. The van der Waals surface area contributed by atoms with Gasteiger partial charge in [-0.1, -0.05) is 12.1 Å². The Bertz CT molecular complexity index is 674. The number of nitrogens with one attached hydrogen (secondary N) is 2. The van der Waals surface area contributed by atoms with Gasteiger partial charge in [-0.15, -0.1) is 0 Å². The Hall–Kier alpha value is -2.21. The Morgan fingerprint density at radius 3 is 2.41 bits per heavy atom. The van der Waals surface area contributed by atoms with E-state index in [0.717, 1.165) is 4.47 Å². The topological polar surface area (TPSA) is 58.2 Å². The molecule has 4 nitrogen and oxygen atoms in total. The predicted molar refractivity (Wildman–Crippen MR) is 86.1 cm³/mol. The number of halogens is 2. The third kappa shape index (κ3) is 4.66. The van der Waals surface area contributed by atoms with Crippen LogP contribution in [-0.2, 0) is 4.79 Å². The molecule has 22 heavy (non-hydrogen) atoms. The van der Waals surface area contributed by atoms with E-state index >= 15 is 0 Å². The van der Waals surface area contributed by atoms with Crippen LogP contribution in [0.2, 0.25) is 0 Å². The summed E-state index contributed by atoms with van der Waals surface area (Å²) >= 11 is 3.34. The number of anilines is 1. The van der Waals surface area contributed by atoms with E-state index < -0.39 is 5.82 Å². The van der Waals surface area contributed by atoms with E-state index in [1.165, 1.54) is 24.3 Å². The van der Waals surface area contributed by atoms with Crippen LogP contribution in [0.3, 0.4) is 0 Å². The lowest BCUT2D eigenvalue weighted by molar-refractivity contribution is -0.116. The minimum Gasteiger partial charge on any atom is -0.352 e. The van der Waals surface area contributed by atoms with E-state index in [1.54, 1.807) is 6.07 Å². The first-order chi connectivity index (χ1) is 10.6. The molecule has 0 aliphatic heterocycles. The van der Waals surface area contributed by atoms with Crippen LogP contribution in [0, 0.1) is 5.82 Å². The van der Waals surface area contributed by atoms with Crippen LogP contribution in [0.15, 0.2) is 53.0 Å². The maximum absolute atomic E-state index is 12.8. The molecule has 0 saturated heterocycles. The van der Waals surface area contributed by atoms with Gasteiger partial charge in [0.25, 0.3) is 5.91 Å². The summed E-state index contributed by atoms with van der Waals surface area (Å²) in [5, 5.41) is 5.36. The molecule has 0 fully saturated rings. The van der Waals surface area contributed by atoms with Crippen LogP contribution in [0.4, 0.5) is 10.1 Å². The summed E-state index contributed by atoms with van der Waals surface area (Å²) in [6.45, 7) is 0.201. The van der Waals surface area contributed by atoms with Gasteiger partial charge in [0.1, 0.15) is 5.82 Å². The highest BCUT2D eigenvalue weighted by Crippen LogP contribution is 2.21. The summed E-state index contributed by atoms with van der Waals surface area (Å²) in [6.07, 6.45) is 0.147. The first-order valence-electron chi connectivity index (χ1n) is 6.64. The summed E-state index contributed by atoms with van der Waals surface area (Å²) in [6, 6.07) is 12.5. The molecule has 0 aliphatic carbocycles. The number of benzene rings is 2. The molecule has 0 bridgehead atoms. The first-order valence-corrected chi connectivity index (χ1v) is 7.44. The van der Waals surface area contributed by atoms with Gasteiger partial charge in [0, 0.05) is 23.0 Å². The van der Waals surface area contributed by atoms with E-state index in [2.05, 4.69) is 26.6 Å². The highest BCUT2D eigenvalue weighted by Gasteiger charge is 2.08. The fraction of sp³-hybridized carbons (Fsp3) is 0.125. The van der Waals surface area contributed by atoms with Crippen molar-refractivity contribution in [1.82, 2.24) is 5.32 Å². The van der Waals surface area contributed by atoms with Gasteiger partial charge in [-0.05, 0) is 52.3 Å². The zero-order valence-electron chi connectivity index (χ0n) is 11.6. The van der Waals surface area contributed by atoms with Gasteiger partial charge in [0.05, 0.1) is 5.69 Å². The Labute approximate surface area is 135 Å². The fourth-order valence-electron chi connectivity index (χ4n) is 1.77. The fourth-order valence-corrected chi connectivity index (χ4v) is 2.15. The number of carbonyl (C=O) groups is 2. The van der Waals surface area contributed by atoms with Gasteiger partial charge >= 0.3 is 0 Å². The van der Waals surface area contributed by atoms with Crippen LogP contribution < -0.4 is 10.6 Å². The molecule has 0 aliphatic rings. The van der Waals surface area contributed by atoms with Crippen LogP contribution >= 0.6 is 15.9 Å². The van der Waals surface area contributed by atoms with Crippen molar-refractivity contribution in [2.75, 3.05) is 11.9 Å². The molecular weight excluding hydrogens is 351 g/mol. The lowest BCUT2D eigenvalue weighted by atomic mass is 10.2. The maximum Gasteiger partial charge on any atom is 0.251 e. The second kappa shape index (κ2) is 7.70. The number of rotatable bonds is 5. The van der Waals surface area contributed by atoms with E-state index in [9.17, 15) is 14.0 Å². The lowest BCUT2D eigenvalue weighted by Crippen LogP contribution is -2.27. The summed E-state index contributed by atoms with van der Waals surface area (Å²) in [5.74, 6) is -0.940. The van der Waals surface area contributed by atoms with Crippen molar-refractivity contribution < 1.29 is 14.0 Å². The number of hydrogen-bond donors (Lipinski definition) is 2. The Morgan fingerprint density at radius 1 is 1.05 bits per heavy atom. The highest BCUT2D eigenvalue weighted by atomic mass is 79.9. The van der Waals surface area contributed by atoms with Crippen molar-refractivity contribution in [3.63, 3.8) is 0 Å². The molecule has 0 spiro atoms. The zero-order chi connectivity index (χ0) is 15.9. The predicted octanol–water partition coefficient (Wildman–Crippen LogP) is 3.35. The molecule has 0 saturated carbocycles. The molecular formula is C16H14BrFN2O2. The maximum atomic E-state index is 12.8. The quantitative estimate of drug-likeness (QED) is 0.854. The molecule has 2 rings (SSSR count). The molecule has 114 valence electrons. The third-order valence-electron chi connectivity index (χ3n) is 2.89. The van der Waals surface area contributed by atoms with E-state index in [4.69, 9.17) is 0 Å². The van der Waals surface area contributed by atoms with Gasteiger partial charge in [0.15, 0.2) is 0 Å². The van der Waals surface area contributed by atoms with Crippen molar-refractivity contribution >= 4 is 33.4 Å². The summed E-state index contributed by atoms with van der Waals surface area (Å²) in [7, 11) is 0. The van der Waals surface area contributed by atoms with Crippen LogP contribution in [-0.4, -0.2) is 18.4 Å². The summed E-state index contributed by atoms with van der Waals surface area (Å²) in [5.41, 5.74) is 1.03. The van der Waals surface area contributed by atoms with E-state index in [1.807, 2.05) is 18.2 Å². The summed E-state index contributed by atoms with van der Waals surface area (Å²) < 4.78 is 13.5. The second-order valence-corrected chi connectivity index (χ2v) is 5.40. The van der Waals surface area contributed by atoms with E-state index in [0.29, 0.717) is 11.3 Å². The van der Waals surface area contributed by atoms with E-state index in [-0.39, 0.29) is 24.8 Å². The molecule has 0 heterocycles. The van der Waals surface area contributed by atoms with Gasteiger partial charge in [0.2, 0.25) is 5.91 Å². The van der Waals surface area contributed by atoms with Crippen LogP contribution in [0.25, 0.3) is 0 Å². The van der Waals surface area contributed by atoms with Crippen LogP contribution in [0.1, 0.15) is 16.8 Å². The molecule has 0 atom stereocenters. The van der Waals surface area contributed by atoms with Gasteiger partial charge < -0.3 is 10.6 Å². The third-order valence-corrected chi connectivity index (χ3v) is 3.58. The van der Waals surface area contributed by atoms with Gasteiger partial charge in [-0.25, -0.2) is 4.39 Å². The first kappa shape index (κ1) is 16.2. The molecule has 0 unspecified atom stereocenters. The largest absolute Gasteiger partial charge is 0.352 e. The standard InChI is InChI=1S/C16H14BrFN2O2/c17-13-3-1-2-4-14(13)20-15(21)9-10-19-16(22)11-5-7-12(18)8-6-11/h1-8H,9-10H2,(H,19,22)(H,20,21). The van der Waals surface area contributed by atoms with Crippen molar-refractivity contribution in [3.05, 3.63) is 64.4 Å². The molecule has 2 aromatic carbocycles. The molecule has 0 aromatic heterocycles. The zero-order valence-corrected chi connectivity index (χ0v) is 13.2. The molecule has 2 N–H and O–H groups in total. The SMILES string of the molecule is O=C(CCNC(=O)c1ccc(F)cc1)Nc1ccccc1Br. The molecule has 2 aromatic rings. The Balaban J connectivity index is 1.78. The minimum absolute atomic E-state index is 0.147. The number of para-hydroxylation sites is 1. The van der Waals surface area contributed by atoms with Crippen molar-refractivity contribution in [2.45, 2.75) is 6.42 Å². The number of amides is 2. The molecule has 0 radical (unpaired) electrons. The lowest BCUT2D eigenvalue weighted by Gasteiger charge is -2.08. The summed E-state index contributed by atoms with van der Waals surface area (Å²) in [4.78, 5) is 23.6. The smallest absolute Gasteiger partial charge is 0.251 e. The van der Waals surface area contributed by atoms with Crippen molar-refractivity contribution in [3.8, 4) is 0 Å². The average Bonchev–Trinajstić information content (AvgIpc) is 2.50. The van der Waals surface area contributed by atoms with Crippen LogP contribution in [0.5, 0.6) is 0 Å². The highest BCUT2D eigenvalue weighted by molar-refractivity contribution is 9.10. The minimum atomic E-state index is -0.399. The average molecular weight is 365 g/mol. The van der Waals surface area contributed by atoms with Crippen molar-refractivity contribution in [2.24, 2.45) is 0 Å². The number of carbonyl (C=O) groups excluding carboxylic acids is 2. The molecule has 6 heteroatoms. The number of hydrogen-bond acceptors (Lipinski definition) is 2. The Morgan fingerprint density at radius 2 is 1.73 bits per heavy atom. The normalized spacial score (nSPS) is 10.1.